The van der Waals surface area contributed by atoms with E-state index in [0.29, 0.717) is 29.8 Å². The molecule has 0 atom stereocenters. The fraction of sp³-hybridized carbons (Fsp3) is 0.357. The van der Waals surface area contributed by atoms with Crippen LogP contribution in [0.25, 0.3) is 0 Å². The van der Waals surface area contributed by atoms with E-state index in [0.717, 1.165) is 5.56 Å². The second-order valence-corrected chi connectivity index (χ2v) is 5.12. The van der Waals surface area contributed by atoms with Gasteiger partial charge in [-0.3, -0.25) is 19.4 Å². The average Bonchev–Trinajstić information content (AvgIpc) is 2.76. The van der Waals surface area contributed by atoms with Gasteiger partial charge in [0.1, 0.15) is 0 Å². The molecule has 1 heterocycles. The van der Waals surface area contributed by atoms with Crippen LogP contribution in [0.3, 0.4) is 0 Å². The highest BCUT2D eigenvalue weighted by atomic mass is 35.5. The monoisotopic (exact) mass is 293 g/mol. The van der Waals surface area contributed by atoms with Gasteiger partial charge in [0.15, 0.2) is 0 Å². The van der Waals surface area contributed by atoms with Crippen LogP contribution >= 0.6 is 11.6 Å². The van der Waals surface area contributed by atoms with Gasteiger partial charge in [-0.2, -0.15) is 0 Å². The zero-order valence-electron chi connectivity index (χ0n) is 11.7. The Kier molecular flexibility index (Phi) is 4.09. The van der Waals surface area contributed by atoms with Crippen LogP contribution in [0.2, 0.25) is 5.02 Å². The van der Waals surface area contributed by atoms with E-state index in [1.54, 1.807) is 12.1 Å². The standard InChI is InChI=1S/C14H16ClN3O2/c1-9-4-5-13(12(15)8-9)16-14-17(10(2)19)6-7-18(14)11(3)20/h4-5,8H,6-7H2,1-3H3. The average molecular weight is 294 g/mol. The van der Waals surface area contributed by atoms with Gasteiger partial charge in [-0.1, -0.05) is 17.7 Å². The van der Waals surface area contributed by atoms with E-state index in [9.17, 15) is 9.59 Å². The molecule has 0 aliphatic carbocycles. The van der Waals surface area contributed by atoms with Crippen LogP contribution in [0.1, 0.15) is 19.4 Å². The molecule has 0 radical (unpaired) electrons. The van der Waals surface area contributed by atoms with E-state index < -0.39 is 0 Å². The number of nitrogens with zero attached hydrogens (tertiary/aromatic N) is 3. The van der Waals surface area contributed by atoms with E-state index in [2.05, 4.69) is 4.99 Å². The van der Waals surface area contributed by atoms with Crippen LogP contribution in [0.4, 0.5) is 5.69 Å². The summed E-state index contributed by atoms with van der Waals surface area (Å²) in [4.78, 5) is 30.6. The number of benzene rings is 1. The highest BCUT2D eigenvalue weighted by molar-refractivity contribution is 6.33. The summed E-state index contributed by atoms with van der Waals surface area (Å²) in [6.45, 7) is 5.75. The molecule has 2 amide bonds. The Morgan fingerprint density at radius 1 is 1.15 bits per heavy atom. The Morgan fingerprint density at radius 3 is 2.15 bits per heavy atom. The Hall–Kier alpha value is -1.88. The van der Waals surface area contributed by atoms with Gasteiger partial charge in [-0.05, 0) is 24.6 Å². The molecule has 1 aliphatic rings. The minimum absolute atomic E-state index is 0.143. The number of carbonyl (C=O) groups excluding carboxylic acids is 2. The van der Waals surface area contributed by atoms with Gasteiger partial charge in [-0.15, -0.1) is 0 Å². The number of hydrogen-bond donors (Lipinski definition) is 0. The van der Waals surface area contributed by atoms with E-state index in [1.165, 1.54) is 23.6 Å². The Balaban J connectivity index is 2.45. The van der Waals surface area contributed by atoms with Gasteiger partial charge >= 0.3 is 0 Å². The van der Waals surface area contributed by atoms with Crippen molar-refractivity contribution in [2.75, 3.05) is 13.1 Å². The van der Waals surface area contributed by atoms with E-state index >= 15 is 0 Å². The molecule has 1 fully saturated rings. The molecular weight excluding hydrogens is 278 g/mol. The van der Waals surface area contributed by atoms with Crippen LogP contribution < -0.4 is 0 Å². The summed E-state index contributed by atoms with van der Waals surface area (Å²) in [6.07, 6.45) is 0. The second kappa shape index (κ2) is 5.63. The van der Waals surface area contributed by atoms with Crippen molar-refractivity contribution in [2.45, 2.75) is 20.8 Å². The van der Waals surface area contributed by atoms with Gasteiger partial charge < -0.3 is 0 Å². The lowest BCUT2D eigenvalue weighted by molar-refractivity contribution is -0.124. The summed E-state index contributed by atoms with van der Waals surface area (Å²) in [5.41, 5.74) is 1.57. The maximum atomic E-state index is 11.6. The number of guanidine groups is 1. The van der Waals surface area contributed by atoms with Gasteiger partial charge in [0, 0.05) is 26.9 Å². The Labute approximate surface area is 122 Å². The predicted octanol–water partition coefficient (Wildman–Crippen LogP) is 2.35. The number of hydrogen-bond acceptors (Lipinski definition) is 3. The molecule has 0 spiro atoms. The summed E-state index contributed by atoms with van der Waals surface area (Å²) in [6, 6.07) is 5.46. The van der Waals surface area contributed by atoms with Crippen molar-refractivity contribution in [1.29, 1.82) is 0 Å². The van der Waals surface area contributed by atoms with Gasteiger partial charge in [0.05, 0.1) is 10.7 Å². The SMILES string of the molecule is CC(=O)N1CCN(C(C)=O)C1=Nc1ccc(C)cc1Cl. The molecule has 1 saturated heterocycles. The number of rotatable bonds is 1. The van der Waals surface area contributed by atoms with E-state index in [-0.39, 0.29) is 11.8 Å². The summed E-state index contributed by atoms with van der Waals surface area (Å²) < 4.78 is 0. The summed E-state index contributed by atoms with van der Waals surface area (Å²) >= 11 is 6.15. The molecule has 1 aliphatic heterocycles. The third kappa shape index (κ3) is 2.82. The molecule has 0 unspecified atom stereocenters. The van der Waals surface area contributed by atoms with Crippen LogP contribution in [-0.2, 0) is 9.59 Å². The van der Waals surface area contributed by atoms with Crippen LogP contribution in [0.15, 0.2) is 23.2 Å². The summed E-state index contributed by atoms with van der Waals surface area (Å²) in [5.74, 6) is 0.0576. The molecule has 5 nitrogen and oxygen atoms in total. The first-order valence-electron chi connectivity index (χ1n) is 6.31. The first kappa shape index (κ1) is 14.5. The van der Waals surface area contributed by atoms with Crippen molar-refractivity contribution >= 4 is 35.1 Å². The lowest BCUT2D eigenvalue weighted by atomic mass is 10.2. The zero-order chi connectivity index (χ0) is 14.9. The number of amides is 2. The third-order valence-electron chi connectivity index (χ3n) is 3.11. The highest BCUT2D eigenvalue weighted by Gasteiger charge is 2.31. The van der Waals surface area contributed by atoms with Crippen molar-refractivity contribution in [3.8, 4) is 0 Å². The number of carbonyl (C=O) groups is 2. The van der Waals surface area contributed by atoms with E-state index in [4.69, 9.17) is 11.6 Å². The molecule has 2 rings (SSSR count). The molecule has 0 aromatic heterocycles. The zero-order valence-corrected chi connectivity index (χ0v) is 12.4. The third-order valence-corrected chi connectivity index (χ3v) is 3.42. The van der Waals surface area contributed by atoms with Crippen LogP contribution in [0.5, 0.6) is 0 Å². The fourth-order valence-corrected chi connectivity index (χ4v) is 2.35. The smallest absolute Gasteiger partial charge is 0.226 e. The highest BCUT2D eigenvalue weighted by Crippen LogP contribution is 2.27. The summed E-state index contributed by atoms with van der Waals surface area (Å²) in [5, 5.41) is 0.497. The van der Waals surface area contributed by atoms with Crippen molar-refractivity contribution in [3.63, 3.8) is 0 Å². The quantitative estimate of drug-likeness (QED) is 0.798. The molecule has 6 heteroatoms. The molecule has 0 bridgehead atoms. The van der Waals surface area contributed by atoms with Crippen molar-refractivity contribution in [2.24, 2.45) is 4.99 Å². The molecule has 0 N–H and O–H groups in total. The lowest BCUT2D eigenvalue weighted by Gasteiger charge is -2.18. The maximum absolute atomic E-state index is 11.6. The Morgan fingerprint density at radius 2 is 1.70 bits per heavy atom. The topological polar surface area (TPSA) is 53.0 Å². The lowest BCUT2D eigenvalue weighted by Crippen LogP contribution is -2.38. The van der Waals surface area contributed by atoms with Crippen LogP contribution in [0, 0.1) is 6.92 Å². The first-order chi connectivity index (χ1) is 9.40. The molecule has 1 aromatic rings. The molecule has 0 saturated carbocycles. The number of aliphatic imine (C=N–C) groups is 1. The van der Waals surface area contributed by atoms with Crippen LogP contribution in [-0.4, -0.2) is 40.7 Å². The van der Waals surface area contributed by atoms with Crippen molar-refractivity contribution in [3.05, 3.63) is 28.8 Å². The van der Waals surface area contributed by atoms with E-state index in [1.807, 2.05) is 13.0 Å². The predicted molar refractivity (Wildman–Crippen MR) is 78.1 cm³/mol. The molecular formula is C14H16ClN3O2. The molecule has 20 heavy (non-hydrogen) atoms. The van der Waals surface area contributed by atoms with Gasteiger partial charge in [-0.25, -0.2) is 4.99 Å². The largest absolute Gasteiger partial charge is 0.280 e. The maximum Gasteiger partial charge on any atom is 0.226 e. The van der Waals surface area contributed by atoms with Crippen molar-refractivity contribution in [1.82, 2.24) is 9.80 Å². The molecule has 1 aromatic carbocycles. The van der Waals surface area contributed by atoms with Gasteiger partial charge in [0.2, 0.25) is 17.8 Å². The first-order valence-corrected chi connectivity index (χ1v) is 6.69. The second-order valence-electron chi connectivity index (χ2n) is 4.71. The van der Waals surface area contributed by atoms with Gasteiger partial charge in [0.25, 0.3) is 0 Å². The Bertz CT molecular complexity index is 574. The normalized spacial score (nSPS) is 14.7. The summed E-state index contributed by atoms with van der Waals surface area (Å²) in [7, 11) is 0. The number of halogens is 1. The molecule has 106 valence electrons. The van der Waals surface area contributed by atoms with Crippen molar-refractivity contribution < 1.29 is 9.59 Å². The minimum atomic E-state index is -0.143. The fourth-order valence-electron chi connectivity index (χ4n) is 2.07. The minimum Gasteiger partial charge on any atom is -0.280 e. The number of aryl methyl sites for hydroxylation is 1.